The molecular weight excluding hydrogens is 266 g/mol. The maximum Gasteiger partial charge on any atom is 0.356 e. The Bertz CT molecular complexity index is 423. The normalized spacial score (nSPS) is 31.8. The smallest absolute Gasteiger partial charge is 0.356 e. The number of ether oxygens (including phenoxy) is 2. The molecule has 0 spiro atoms. The molecule has 1 unspecified atom stereocenters. The fourth-order valence-electron chi connectivity index (χ4n) is 2.99. The first-order chi connectivity index (χ1) is 9.51. The minimum Gasteiger partial charge on any atom is -0.466 e. The van der Waals surface area contributed by atoms with E-state index in [1.165, 1.54) is 7.11 Å². The molecule has 2 rings (SSSR count). The Morgan fingerprint density at radius 1 is 1.35 bits per heavy atom. The van der Waals surface area contributed by atoms with Gasteiger partial charge in [-0.25, -0.2) is 4.79 Å². The highest BCUT2D eigenvalue weighted by molar-refractivity contribution is 5.93. The molecule has 2 aliphatic rings. The van der Waals surface area contributed by atoms with E-state index in [1.54, 1.807) is 0 Å². The second-order valence-electron chi connectivity index (χ2n) is 5.13. The van der Waals surface area contributed by atoms with Gasteiger partial charge in [-0.3, -0.25) is 9.59 Å². The lowest BCUT2D eigenvalue weighted by molar-refractivity contribution is -0.186. The molecule has 0 aromatic heterocycles. The standard InChI is InChI=1S/C13H19NO6/c1-19-9-5-3-4-7(11(9)16)8-6-10(15)14(8)12(17)13(18)20-2/h7-9,12,17H,3-6H2,1-2H3/t7-,8+,9-,12?/m1/s1. The largest absolute Gasteiger partial charge is 0.466 e. The van der Waals surface area contributed by atoms with Crippen LogP contribution >= 0.6 is 0 Å². The first-order valence-corrected chi connectivity index (χ1v) is 6.64. The van der Waals surface area contributed by atoms with E-state index in [4.69, 9.17) is 4.74 Å². The number of likely N-dealkylation sites (tertiary alicyclic amines) is 1. The molecule has 1 aliphatic carbocycles. The Labute approximate surface area is 116 Å². The van der Waals surface area contributed by atoms with Gasteiger partial charge < -0.3 is 19.5 Å². The minimum atomic E-state index is -1.64. The van der Waals surface area contributed by atoms with Crippen LogP contribution in [0.4, 0.5) is 0 Å². The molecule has 1 saturated heterocycles. The minimum absolute atomic E-state index is 0.0571. The number of carbonyl (C=O) groups excluding carboxylic acids is 3. The number of amides is 1. The van der Waals surface area contributed by atoms with Crippen molar-refractivity contribution in [2.45, 2.75) is 44.1 Å². The average Bonchev–Trinajstić information content (AvgIpc) is 2.44. The molecule has 7 heteroatoms. The fourth-order valence-corrected chi connectivity index (χ4v) is 2.99. The molecule has 1 N–H and O–H groups in total. The van der Waals surface area contributed by atoms with Crippen LogP contribution in [-0.2, 0) is 23.9 Å². The summed E-state index contributed by atoms with van der Waals surface area (Å²) in [7, 11) is 2.62. The number of hydrogen-bond donors (Lipinski definition) is 1. The Morgan fingerprint density at radius 3 is 2.60 bits per heavy atom. The number of nitrogens with zero attached hydrogens (tertiary/aromatic N) is 1. The summed E-state index contributed by atoms with van der Waals surface area (Å²) in [6.07, 6.45) is 0.207. The van der Waals surface area contributed by atoms with E-state index in [0.717, 1.165) is 18.4 Å². The van der Waals surface area contributed by atoms with Crippen LogP contribution in [0.15, 0.2) is 0 Å². The molecule has 7 nitrogen and oxygen atoms in total. The quantitative estimate of drug-likeness (QED) is 0.551. The summed E-state index contributed by atoms with van der Waals surface area (Å²) >= 11 is 0. The van der Waals surface area contributed by atoms with Gasteiger partial charge in [-0.2, -0.15) is 0 Å². The summed E-state index contributed by atoms with van der Waals surface area (Å²) in [4.78, 5) is 36.3. The van der Waals surface area contributed by atoms with Crippen LogP contribution in [0, 0.1) is 5.92 Å². The highest BCUT2D eigenvalue weighted by Crippen LogP contribution is 2.35. The molecule has 0 bridgehead atoms. The number of methoxy groups -OCH3 is 2. The van der Waals surface area contributed by atoms with E-state index in [2.05, 4.69) is 4.74 Å². The van der Waals surface area contributed by atoms with Crippen molar-refractivity contribution < 1.29 is 29.0 Å². The lowest BCUT2D eigenvalue weighted by atomic mass is 9.76. The third-order valence-electron chi connectivity index (χ3n) is 4.12. The van der Waals surface area contributed by atoms with Gasteiger partial charge in [0.15, 0.2) is 5.78 Å². The first-order valence-electron chi connectivity index (χ1n) is 6.64. The van der Waals surface area contributed by atoms with Crippen molar-refractivity contribution in [1.29, 1.82) is 0 Å². The van der Waals surface area contributed by atoms with Gasteiger partial charge in [-0.15, -0.1) is 0 Å². The Morgan fingerprint density at radius 2 is 2.05 bits per heavy atom. The number of β-lactam (4-membered cyclic amide) rings is 1. The summed E-state index contributed by atoms with van der Waals surface area (Å²) in [5.74, 6) is -1.68. The van der Waals surface area contributed by atoms with Gasteiger partial charge in [-0.05, 0) is 19.3 Å². The predicted molar refractivity (Wildman–Crippen MR) is 66.4 cm³/mol. The van der Waals surface area contributed by atoms with E-state index in [0.29, 0.717) is 12.8 Å². The molecule has 1 aliphatic heterocycles. The van der Waals surface area contributed by atoms with E-state index in [1.807, 2.05) is 0 Å². The first kappa shape index (κ1) is 14.9. The second kappa shape index (κ2) is 5.88. The summed E-state index contributed by atoms with van der Waals surface area (Å²) in [5, 5.41) is 9.81. The highest BCUT2D eigenvalue weighted by atomic mass is 16.5. The fraction of sp³-hybridized carbons (Fsp3) is 0.769. The van der Waals surface area contributed by atoms with Crippen LogP contribution in [0.1, 0.15) is 25.7 Å². The maximum absolute atomic E-state index is 12.2. The van der Waals surface area contributed by atoms with Crippen molar-refractivity contribution in [3.05, 3.63) is 0 Å². The number of carbonyl (C=O) groups is 3. The zero-order valence-electron chi connectivity index (χ0n) is 11.6. The zero-order valence-corrected chi connectivity index (χ0v) is 11.6. The maximum atomic E-state index is 12.2. The third kappa shape index (κ3) is 2.43. The van der Waals surface area contributed by atoms with Crippen molar-refractivity contribution in [3.8, 4) is 0 Å². The topological polar surface area (TPSA) is 93.1 Å². The molecule has 0 aromatic rings. The number of aliphatic hydroxyl groups excluding tert-OH is 1. The van der Waals surface area contributed by atoms with E-state index in [-0.39, 0.29) is 24.0 Å². The Balaban J connectivity index is 2.10. The number of esters is 1. The molecule has 112 valence electrons. The number of aliphatic hydroxyl groups is 1. The summed E-state index contributed by atoms with van der Waals surface area (Å²) in [5.41, 5.74) is 0. The van der Waals surface area contributed by atoms with Gasteiger partial charge in [0.25, 0.3) is 0 Å². The van der Waals surface area contributed by atoms with Gasteiger partial charge in [0.05, 0.1) is 13.2 Å². The van der Waals surface area contributed by atoms with Crippen molar-refractivity contribution in [2.75, 3.05) is 14.2 Å². The molecule has 0 radical (unpaired) electrons. The molecule has 1 amide bonds. The van der Waals surface area contributed by atoms with Crippen LogP contribution in [0.2, 0.25) is 0 Å². The molecule has 1 heterocycles. The van der Waals surface area contributed by atoms with Gasteiger partial charge in [0.2, 0.25) is 12.1 Å². The van der Waals surface area contributed by atoms with Gasteiger partial charge in [0.1, 0.15) is 6.10 Å². The number of Topliss-reactive ketones (excluding diaryl/α,β-unsaturated/α-hetero) is 1. The van der Waals surface area contributed by atoms with E-state index in [9.17, 15) is 19.5 Å². The van der Waals surface area contributed by atoms with Gasteiger partial charge in [-0.1, -0.05) is 0 Å². The zero-order chi connectivity index (χ0) is 14.9. The predicted octanol–water partition coefficient (Wildman–Crippen LogP) is -0.537. The van der Waals surface area contributed by atoms with Gasteiger partial charge in [0, 0.05) is 19.4 Å². The Hall–Kier alpha value is -1.47. The second-order valence-corrected chi connectivity index (χ2v) is 5.13. The van der Waals surface area contributed by atoms with Crippen LogP contribution in [0.5, 0.6) is 0 Å². The lowest BCUT2D eigenvalue weighted by Gasteiger charge is -2.47. The number of ketones is 1. The van der Waals surface area contributed by atoms with E-state index < -0.39 is 24.3 Å². The molecule has 4 atom stereocenters. The Kier molecular flexibility index (Phi) is 4.39. The van der Waals surface area contributed by atoms with Crippen LogP contribution in [0.3, 0.4) is 0 Å². The molecule has 0 aromatic carbocycles. The molecular formula is C13H19NO6. The van der Waals surface area contributed by atoms with Crippen LogP contribution < -0.4 is 0 Å². The van der Waals surface area contributed by atoms with Crippen molar-refractivity contribution >= 4 is 17.7 Å². The molecule has 1 saturated carbocycles. The molecule has 2 fully saturated rings. The summed E-state index contributed by atoms with van der Waals surface area (Å²) in [6.45, 7) is 0. The number of rotatable bonds is 4. The number of hydrogen-bond acceptors (Lipinski definition) is 6. The lowest BCUT2D eigenvalue weighted by Crippen LogP contribution is -2.64. The monoisotopic (exact) mass is 285 g/mol. The molecule has 20 heavy (non-hydrogen) atoms. The highest BCUT2D eigenvalue weighted by Gasteiger charge is 2.50. The van der Waals surface area contributed by atoms with Crippen LogP contribution in [-0.4, -0.2) is 60.3 Å². The summed E-state index contributed by atoms with van der Waals surface area (Å²) < 4.78 is 9.57. The average molecular weight is 285 g/mol. The van der Waals surface area contributed by atoms with Crippen molar-refractivity contribution in [1.82, 2.24) is 4.90 Å². The van der Waals surface area contributed by atoms with E-state index >= 15 is 0 Å². The van der Waals surface area contributed by atoms with Crippen LogP contribution in [0.25, 0.3) is 0 Å². The summed E-state index contributed by atoms with van der Waals surface area (Å²) in [6, 6.07) is -0.443. The van der Waals surface area contributed by atoms with Crippen molar-refractivity contribution in [2.24, 2.45) is 5.92 Å². The SMILES string of the molecule is COC(=O)C(O)N1C(=O)C[C@H]1[C@H]1CCC[C@@H](OC)C1=O. The van der Waals surface area contributed by atoms with Gasteiger partial charge >= 0.3 is 5.97 Å². The van der Waals surface area contributed by atoms with Crippen molar-refractivity contribution in [3.63, 3.8) is 0 Å². The third-order valence-corrected chi connectivity index (χ3v) is 4.12.